The summed E-state index contributed by atoms with van der Waals surface area (Å²) in [5, 5.41) is 8.96. The number of nitrogens with zero attached hydrogens (tertiary/aromatic N) is 7. The zero-order chi connectivity index (χ0) is 45.1. The Bertz CT molecular complexity index is 2510. The number of carbonyl (C=O) groups excluding carboxylic acids is 3. The van der Waals surface area contributed by atoms with Gasteiger partial charge in [-0.05, 0) is 87.7 Å². The Hall–Kier alpha value is -4.25. The van der Waals surface area contributed by atoms with Gasteiger partial charge < -0.3 is 24.3 Å². The molecule has 2 amide bonds. The standard InChI is InChI=1S/C50H65N9O5S/c1-28-29(2)40(28)45(60)53-42-44(57-25-50(26-57)23-55(6)24-50)46-52-38(22-65-46)31-12-15-39-35(18-31)36(19-49(4,5)27-64-48(62)37-11-9-17-58(54-37)47(42)61)43(34-10-8-16-51-41(34)30(3)63-7)59(39)33-20-56(21-33)32-13-14-32/h8,10,12,15-16,18,22,28-30,32-33,37,40,42,44,54H,9,11,13-14,17,19-21,23-27H2,1-7H3,(H,53,60)/t28-,29+,30-,37-,40?,42-,44-/m0/s1. The fourth-order valence-electron chi connectivity index (χ4n) is 12.1. The van der Waals surface area contributed by atoms with Gasteiger partial charge in [0.2, 0.25) is 5.91 Å². The molecule has 2 saturated carbocycles. The number of thiazole rings is 1. The van der Waals surface area contributed by atoms with Crippen LogP contribution in [0.5, 0.6) is 0 Å². The molecular formula is C50H65N9O5S. The zero-order valence-corrected chi connectivity index (χ0v) is 39.8. The molecule has 1 spiro atoms. The van der Waals surface area contributed by atoms with Gasteiger partial charge >= 0.3 is 5.97 Å². The van der Waals surface area contributed by atoms with Gasteiger partial charge in [0.1, 0.15) is 17.1 Å². The summed E-state index contributed by atoms with van der Waals surface area (Å²) in [6.45, 7) is 16.8. The summed E-state index contributed by atoms with van der Waals surface area (Å²) in [7, 11) is 3.89. The largest absolute Gasteiger partial charge is 0.464 e. The molecule has 7 atom stereocenters. The average molecular weight is 904 g/mol. The number of benzene rings is 1. The lowest BCUT2D eigenvalue weighted by atomic mass is 9.72. The first-order valence-corrected chi connectivity index (χ1v) is 24.9. The topological polar surface area (TPSA) is 137 Å². The summed E-state index contributed by atoms with van der Waals surface area (Å²) in [6.07, 6.45) is 5.96. The number of likely N-dealkylation sites (tertiary alicyclic amines) is 3. The Morgan fingerprint density at radius 2 is 1.80 bits per heavy atom. The van der Waals surface area contributed by atoms with Crippen LogP contribution in [0, 0.1) is 28.6 Å². The monoisotopic (exact) mass is 903 g/mol. The summed E-state index contributed by atoms with van der Waals surface area (Å²) in [6, 6.07) is 9.83. The van der Waals surface area contributed by atoms with E-state index in [2.05, 4.69) is 101 Å². The number of cyclic esters (lactones) is 1. The molecule has 6 bridgehead atoms. The number of esters is 1. The van der Waals surface area contributed by atoms with E-state index in [1.165, 1.54) is 18.4 Å². The quantitative estimate of drug-likeness (QED) is 0.206. The Labute approximate surface area is 386 Å². The minimum absolute atomic E-state index is 0.0947. The van der Waals surface area contributed by atoms with Crippen molar-refractivity contribution in [3.05, 3.63) is 58.2 Å². The molecule has 6 fully saturated rings. The van der Waals surface area contributed by atoms with E-state index in [4.69, 9.17) is 19.4 Å². The molecule has 5 aliphatic heterocycles. The number of rotatable bonds is 8. The molecule has 4 aromatic rings. The van der Waals surface area contributed by atoms with E-state index in [0.29, 0.717) is 31.8 Å². The van der Waals surface area contributed by atoms with Crippen molar-refractivity contribution >= 4 is 40.0 Å². The number of fused-ring (bicyclic) bond motifs is 6. The molecular weight excluding hydrogens is 839 g/mol. The van der Waals surface area contributed by atoms with E-state index in [9.17, 15) is 9.59 Å². The van der Waals surface area contributed by atoms with Gasteiger partial charge in [-0.1, -0.05) is 33.8 Å². The van der Waals surface area contributed by atoms with Crippen LogP contribution in [-0.4, -0.2) is 137 Å². The molecule has 8 heterocycles. The van der Waals surface area contributed by atoms with Crippen LogP contribution in [0.15, 0.2) is 41.9 Å². The number of nitrogens with one attached hydrogen (secondary N) is 2. The lowest BCUT2D eigenvalue weighted by Crippen LogP contribution is -2.73. The van der Waals surface area contributed by atoms with Gasteiger partial charge in [0.25, 0.3) is 5.91 Å². The molecule has 15 heteroatoms. The number of carbonyl (C=O) groups is 3. The summed E-state index contributed by atoms with van der Waals surface area (Å²) in [5.74, 6) is -0.382. The van der Waals surface area contributed by atoms with Crippen molar-refractivity contribution in [2.45, 2.75) is 103 Å². The lowest BCUT2D eigenvalue weighted by molar-refractivity contribution is -0.159. The van der Waals surface area contributed by atoms with Crippen molar-refractivity contribution in [3.63, 3.8) is 0 Å². The number of amides is 2. The molecule has 11 rings (SSSR count). The number of hydrazine groups is 1. The molecule has 4 saturated heterocycles. The summed E-state index contributed by atoms with van der Waals surface area (Å²) >= 11 is 1.56. The Morgan fingerprint density at radius 3 is 2.51 bits per heavy atom. The molecule has 2 N–H and O–H groups in total. The van der Waals surface area contributed by atoms with E-state index in [0.717, 1.165) is 83.4 Å². The molecule has 1 unspecified atom stereocenters. The Morgan fingerprint density at radius 1 is 1.03 bits per heavy atom. The van der Waals surface area contributed by atoms with E-state index >= 15 is 4.79 Å². The molecule has 14 nitrogen and oxygen atoms in total. The highest BCUT2D eigenvalue weighted by Gasteiger charge is 2.56. The Kier molecular flexibility index (Phi) is 10.8. The highest BCUT2D eigenvalue weighted by atomic mass is 32.1. The van der Waals surface area contributed by atoms with Crippen LogP contribution in [0.1, 0.15) is 94.8 Å². The van der Waals surface area contributed by atoms with Gasteiger partial charge in [-0.15, -0.1) is 11.3 Å². The fraction of sp³-hybridized carbons (Fsp3) is 0.620. The molecule has 3 aromatic heterocycles. The highest BCUT2D eigenvalue weighted by molar-refractivity contribution is 7.10. The van der Waals surface area contributed by atoms with Crippen LogP contribution >= 0.6 is 11.3 Å². The van der Waals surface area contributed by atoms with Crippen LogP contribution in [0.2, 0.25) is 0 Å². The predicted octanol–water partition coefficient (Wildman–Crippen LogP) is 5.85. The number of hydrogen-bond acceptors (Lipinski definition) is 12. The number of aromatic nitrogens is 3. The van der Waals surface area contributed by atoms with Gasteiger partial charge in [-0.2, -0.15) is 0 Å². The summed E-state index contributed by atoms with van der Waals surface area (Å²) in [4.78, 5) is 61.1. The molecule has 1 aromatic carbocycles. The number of methoxy groups -OCH3 is 1. The summed E-state index contributed by atoms with van der Waals surface area (Å²) in [5.41, 5.74) is 10.3. The van der Waals surface area contributed by atoms with Crippen molar-refractivity contribution in [2.75, 3.05) is 66.6 Å². The predicted molar refractivity (Wildman–Crippen MR) is 250 cm³/mol. The van der Waals surface area contributed by atoms with Crippen molar-refractivity contribution in [2.24, 2.45) is 28.6 Å². The fourth-order valence-corrected chi connectivity index (χ4v) is 13.1. The third-order valence-corrected chi connectivity index (χ3v) is 16.9. The molecule has 65 heavy (non-hydrogen) atoms. The maximum absolute atomic E-state index is 15.1. The van der Waals surface area contributed by atoms with Crippen molar-refractivity contribution < 1.29 is 23.9 Å². The molecule has 346 valence electrons. The van der Waals surface area contributed by atoms with Gasteiger partial charge in [0, 0.05) is 109 Å². The van der Waals surface area contributed by atoms with Crippen molar-refractivity contribution in [3.8, 4) is 22.5 Å². The smallest absolute Gasteiger partial charge is 0.324 e. The van der Waals surface area contributed by atoms with Crippen LogP contribution in [0.3, 0.4) is 0 Å². The Balaban J connectivity index is 1.07. The minimum atomic E-state index is -0.914. The van der Waals surface area contributed by atoms with Crippen LogP contribution in [0.25, 0.3) is 33.4 Å². The van der Waals surface area contributed by atoms with E-state index in [-0.39, 0.29) is 59.7 Å². The lowest BCUT2D eigenvalue weighted by Gasteiger charge is -2.61. The van der Waals surface area contributed by atoms with Crippen molar-refractivity contribution in [1.82, 2.24) is 45.0 Å². The maximum Gasteiger partial charge on any atom is 0.324 e. The van der Waals surface area contributed by atoms with E-state index in [1.54, 1.807) is 23.5 Å². The van der Waals surface area contributed by atoms with Crippen molar-refractivity contribution in [1.29, 1.82) is 0 Å². The number of pyridine rings is 1. The first-order chi connectivity index (χ1) is 31.2. The highest BCUT2D eigenvalue weighted by Crippen LogP contribution is 2.49. The number of ether oxygens (including phenoxy) is 2. The zero-order valence-electron chi connectivity index (χ0n) is 39.0. The third kappa shape index (κ3) is 7.71. The maximum atomic E-state index is 15.1. The second kappa shape index (κ2) is 16.2. The molecule has 0 radical (unpaired) electrons. The van der Waals surface area contributed by atoms with E-state index in [1.807, 2.05) is 12.3 Å². The molecule has 7 aliphatic rings. The average Bonchev–Trinajstić information content (AvgIpc) is 4.10. The van der Waals surface area contributed by atoms with Crippen LogP contribution < -0.4 is 10.7 Å². The normalized spacial score (nSPS) is 30.0. The van der Waals surface area contributed by atoms with Gasteiger partial charge in [0.15, 0.2) is 0 Å². The first kappa shape index (κ1) is 43.3. The minimum Gasteiger partial charge on any atom is -0.464 e. The first-order valence-electron chi connectivity index (χ1n) is 24.0. The van der Waals surface area contributed by atoms with Gasteiger partial charge in [0.05, 0.1) is 41.9 Å². The second-order valence-electron chi connectivity index (χ2n) is 21.7. The number of hydrogen-bond donors (Lipinski definition) is 2. The van der Waals surface area contributed by atoms with E-state index < -0.39 is 23.5 Å². The van der Waals surface area contributed by atoms with Crippen LogP contribution in [-0.2, 0) is 30.3 Å². The van der Waals surface area contributed by atoms with Crippen LogP contribution in [0.4, 0.5) is 0 Å². The van der Waals surface area contributed by atoms with Gasteiger partial charge in [-0.3, -0.25) is 34.2 Å². The SMILES string of the molecule is CO[C@@H](C)c1ncccc1-c1c2c3cc(ccc3n1C1CN(C3CC3)C1)-c1csc(n1)[C@@H](N1CC3(CN(C)C3)C1)[C@H](NC(=O)C1[C@@H](C)[C@H]1C)C(=O)N1CCC[C@H](N1)C(=O)OCC(C)(C)C2. The molecule has 2 aliphatic carbocycles. The van der Waals surface area contributed by atoms with Gasteiger partial charge in [-0.25, -0.2) is 10.4 Å². The second-order valence-corrected chi connectivity index (χ2v) is 22.6. The third-order valence-electron chi connectivity index (χ3n) is 16.0. The summed E-state index contributed by atoms with van der Waals surface area (Å²) < 4.78 is 14.8.